The van der Waals surface area contributed by atoms with Crippen LogP contribution in [0.5, 0.6) is 5.75 Å². The van der Waals surface area contributed by atoms with Crippen molar-refractivity contribution in [2.45, 2.75) is 69.1 Å². The molecule has 4 nitrogen and oxygen atoms in total. The Morgan fingerprint density at radius 3 is 2.45 bits per heavy atom. The lowest BCUT2D eigenvalue weighted by atomic mass is 9.72. The Hall–Kier alpha value is -1.01. The highest BCUT2D eigenvalue weighted by Crippen LogP contribution is 2.42. The maximum Gasteiger partial charge on any atom is 0.138 e. The first-order valence-corrected chi connectivity index (χ1v) is 12.1. The highest BCUT2D eigenvalue weighted by atomic mass is 35.5. The van der Waals surface area contributed by atoms with E-state index in [0.717, 1.165) is 69.3 Å². The molecule has 1 saturated heterocycles. The summed E-state index contributed by atoms with van der Waals surface area (Å²) in [6.45, 7) is 3.26. The summed E-state index contributed by atoms with van der Waals surface area (Å²) in [5, 5.41) is 12.3. The van der Waals surface area contributed by atoms with E-state index in [4.69, 9.17) is 22.1 Å². The lowest BCUT2D eigenvalue weighted by molar-refractivity contribution is -0.0326. The van der Waals surface area contributed by atoms with Crippen molar-refractivity contribution in [1.82, 2.24) is 4.90 Å². The summed E-state index contributed by atoms with van der Waals surface area (Å²) in [7, 11) is 0. The SMILES string of the molecule is Cl.Cl.N[C@H]1CCCN(CC(c2ccc(OCc3ccccc3)c(Cl)c2)C2(O)CCCCC2)C1. The van der Waals surface area contributed by atoms with Gasteiger partial charge in [0.15, 0.2) is 0 Å². The molecule has 1 aliphatic heterocycles. The Morgan fingerprint density at radius 2 is 1.79 bits per heavy atom. The van der Waals surface area contributed by atoms with Crippen LogP contribution in [-0.2, 0) is 6.61 Å². The zero-order valence-corrected chi connectivity index (χ0v) is 21.5. The minimum absolute atomic E-state index is 0. The standard InChI is InChI=1S/C26H35ClN2O2.2ClH/c27-24-16-21(11-12-25(24)31-19-20-8-3-1-4-9-20)23(26(30)13-5-2-6-14-26)18-29-15-7-10-22(28)17-29;;/h1,3-4,8-9,11-12,16,22-23,30H,2,5-7,10,13-15,17-19,28H2;2*1H/t22-,23?;;/m0../s1. The predicted octanol–water partition coefficient (Wildman–Crippen LogP) is 5.96. The summed E-state index contributed by atoms with van der Waals surface area (Å²) in [6, 6.07) is 16.4. The van der Waals surface area contributed by atoms with E-state index in [0.29, 0.717) is 17.4 Å². The molecular weight excluding hydrogens is 479 g/mol. The molecule has 1 unspecified atom stereocenters. The Labute approximate surface area is 215 Å². The van der Waals surface area contributed by atoms with Gasteiger partial charge in [0.25, 0.3) is 0 Å². The zero-order chi connectivity index (χ0) is 21.7. The topological polar surface area (TPSA) is 58.7 Å². The van der Waals surface area contributed by atoms with Crippen LogP contribution in [0.25, 0.3) is 0 Å². The number of ether oxygens (including phenoxy) is 1. The van der Waals surface area contributed by atoms with Gasteiger partial charge in [-0.2, -0.15) is 0 Å². The van der Waals surface area contributed by atoms with E-state index in [9.17, 15) is 5.11 Å². The molecule has 1 saturated carbocycles. The van der Waals surface area contributed by atoms with Crippen LogP contribution in [-0.4, -0.2) is 41.3 Å². The van der Waals surface area contributed by atoms with Gasteiger partial charge in [-0.15, -0.1) is 24.8 Å². The highest BCUT2D eigenvalue weighted by Gasteiger charge is 2.40. The van der Waals surface area contributed by atoms with E-state index >= 15 is 0 Å². The summed E-state index contributed by atoms with van der Waals surface area (Å²) in [5.74, 6) is 0.711. The zero-order valence-electron chi connectivity index (χ0n) is 19.1. The number of nitrogens with two attached hydrogens (primary N) is 1. The van der Waals surface area contributed by atoms with E-state index in [1.54, 1.807) is 0 Å². The first-order chi connectivity index (χ1) is 15.0. The second-order valence-corrected chi connectivity index (χ2v) is 9.75. The van der Waals surface area contributed by atoms with Crippen molar-refractivity contribution in [3.8, 4) is 5.75 Å². The van der Waals surface area contributed by atoms with E-state index in [-0.39, 0.29) is 36.8 Å². The molecule has 2 aromatic carbocycles. The molecule has 0 bridgehead atoms. The third-order valence-corrected chi connectivity index (χ3v) is 7.24. The molecule has 3 N–H and O–H groups in total. The number of piperidine rings is 1. The molecule has 184 valence electrons. The summed E-state index contributed by atoms with van der Waals surface area (Å²) in [5.41, 5.74) is 7.76. The molecule has 0 radical (unpaired) electrons. The first-order valence-electron chi connectivity index (χ1n) is 11.7. The maximum absolute atomic E-state index is 11.7. The maximum atomic E-state index is 11.7. The molecule has 7 heteroatoms. The monoisotopic (exact) mass is 514 g/mol. The van der Waals surface area contributed by atoms with Gasteiger partial charge in [0.05, 0.1) is 10.6 Å². The van der Waals surface area contributed by atoms with Crippen LogP contribution in [0.3, 0.4) is 0 Å². The van der Waals surface area contributed by atoms with Gasteiger partial charge < -0.3 is 20.5 Å². The molecule has 2 aromatic rings. The average molecular weight is 516 g/mol. The van der Waals surface area contributed by atoms with Crippen molar-refractivity contribution in [3.63, 3.8) is 0 Å². The molecule has 2 atom stereocenters. The van der Waals surface area contributed by atoms with Gasteiger partial charge in [-0.25, -0.2) is 0 Å². The molecular formula is C26H37Cl3N2O2. The molecule has 4 rings (SSSR count). The van der Waals surface area contributed by atoms with Crippen molar-refractivity contribution in [2.24, 2.45) is 5.73 Å². The number of hydrogen-bond acceptors (Lipinski definition) is 4. The van der Waals surface area contributed by atoms with Crippen molar-refractivity contribution >= 4 is 36.4 Å². The van der Waals surface area contributed by atoms with Gasteiger partial charge in [0, 0.05) is 25.0 Å². The average Bonchev–Trinajstić information content (AvgIpc) is 2.78. The lowest BCUT2D eigenvalue weighted by Crippen LogP contribution is -2.49. The number of aliphatic hydroxyl groups is 1. The smallest absolute Gasteiger partial charge is 0.138 e. The lowest BCUT2D eigenvalue weighted by Gasteiger charge is -2.43. The highest BCUT2D eigenvalue weighted by molar-refractivity contribution is 6.32. The number of benzene rings is 2. The largest absolute Gasteiger partial charge is 0.487 e. The van der Waals surface area contributed by atoms with Crippen LogP contribution in [0, 0.1) is 0 Å². The fraction of sp³-hybridized carbons (Fsp3) is 0.538. The van der Waals surface area contributed by atoms with Gasteiger partial charge in [-0.3, -0.25) is 0 Å². The molecule has 2 fully saturated rings. The number of nitrogens with zero attached hydrogens (tertiary/aromatic N) is 1. The fourth-order valence-corrected chi connectivity index (χ4v) is 5.44. The predicted molar refractivity (Wildman–Crippen MR) is 141 cm³/mol. The van der Waals surface area contributed by atoms with Crippen LogP contribution in [0.4, 0.5) is 0 Å². The second kappa shape index (κ2) is 13.2. The van der Waals surface area contributed by atoms with E-state index in [2.05, 4.69) is 11.0 Å². The summed E-state index contributed by atoms with van der Waals surface area (Å²) >= 11 is 6.65. The molecule has 1 aliphatic carbocycles. The molecule has 33 heavy (non-hydrogen) atoms. The summed E-state index contributed by atoms with van der Waals surface area (Å²) < 4.78 is 5.97. The number of halogens is 3. The third-order valence-electron chi connectivity index (χ3n) is 6.95. The van der Waals surface area contributed by atoms with E-state index < -0.39 is 5.60 Å². The summed E-state index contributed by atoms with van der Waals surface area (Å²) in [4.78, 5) is 2.43. The normalized spacial score (nSPS) is 21.4. The van der Waals surface area contributed by atoms with Crippen LogP contribution in [0.2, 0.25) is 5.02 Å². The van der Waals surface area contributed by atoms with Gasteiger partial charge in [0.2, 0.25) is 0 Å². The van der Waals surface area contributed by atoms with Crippen LogP contribution >= 0.6 is 36.4 Å². The van der Waals surface area contributed by atoms with Crippen molar-refractivity contribution in [1.29, 1.82) is 0 Å². The van der Waals surface area contributed by atoms with Gasteiger partial charge in [-0.05, 0) is 55.5 Å². The van der Waals surface area contributed by atoms with E-state index in [1.807, 2.05) is 42.5 Å². The Bertz CT molecular complexity index is 847. The van der Waals surface area contributed by atoms with Gasteiger partial charge in [-0.1, -0.05) is 67.3 Å². The minimum Gasteiger partial charge on any atom is -0.487 e. The molecule has 0 aromatic heterocycles. The Balaban J connectivity index is 0.00000193. The second-order valence-electron chi connectivity index (χ2n) is 9.34. The van der Waals surface area contributed by atoms with E-state index in [1.165, 1.54) is 6.42 Å². The Kier molecular flexibility index (Phi) is 11.3. The quantitative estimate of drug-likeness (QED) is 0.477. The van der Waals surface area contributed by atoms with Gasteiger partial charge >= 0.3 is 0 Å². The Morgan fingerprint density at radius 1 is 1.06 bits per heavy atom. The molecule has 0 amide bonds. The number of hydrogen-bond donors (Lipinski definition) is 2. The van der Waals surface area contributed by atoms with Crippen LogP contribution in [0.1, 0.15) is 62.0 Å². The van der Waals surface area contributed by atoms with Crippen molar-refractivity contribution < 1.29 is 9.84 Å². The number of likely N-dealkylation sites (tertiary alicyclic amines) is 1. The fourth-order valence-electron chi connectivity index (χ4n) is 5.20. The first kappa shape index (κ1) is 28.2. The van der Waals surface area contributed by atoms with Crippen molar-refractivity contribution in [2.75, 3.05) is 19.6 Å². The van der Waals surface area contributed by atoms with Crippen molar-refractivity contribution in [3.05, 3.63) is 64.7 Å². The molecule has 1 heterocycles. The van der Waals surface area contributed by atoms with Crippen LogP contribution < -0.4 is 10.5 Å². The van der Waals surface area contributed by atoms with Gasteiger partial charge in [0.1, 0.15) is 12.4 Å². The summed E-state index contributed by atoms with van der Waals surface area (Å²) in [6.07, 6.45) is 7.28. The third kappa shape index (κ3) is 7.48. The molecule has 0 spiro atoms. The number of rotatable bonds is 7. The molecule has 2 aliphatic rings. The van der Waals surface area contributed by atoms with Crippen LogP contribution in [0.15, 0.2) is 48.5 Å². The minimum atomic E-state index is -0.685.